The molecule has 12 heteroatoms. The number of alkyl halides is 2. The number of phenolic OH excluding ortho intramolecular Hbond substituents is 1. The first kappa shape index (κ1) is 31.9. The number of halogens is 3. The van der Waals surface area contributed by atoms with E-state index in [1.807, 2.05) is 46.9 Å². The van der Waals surface area contributed by atoms with Crippen molar-refractivity contribution < 1.29 is 29.0 Å². The Morgan fingerprint density at radius 3 is 2.37 bits per heavy atom. The molecule has 0 bridgehead atoms. The molecule has 3 heterocycles. The van der Waals surface area contributed by atoms with Crippen LogP contribution >= 0.6 is 45.8 Å². The lowest BCUT2D eigenvalue weighted by molar-refractivity contribution is -0.144. The maximum atomic E-state index is 14.4. The summed E-state index contributed by atoms with van der Waals surface area (Å²) in [6, 6.07) is 13.3. The highest BCUT2D eigenvalue weighted by Crippen LogP contribution is 2.65. The Balaban J connectivity index is 1.23. The molecule has 2 aromatic rings. The monoisotopic (exact) mass is 777 g/mol. The smallest absolute Gasteiger partial charge is 0.253 e. The number of likely N-dealkylation sites (tertiary alicyclic amines) is 3. The molecule has 6 atom stereocenters. The number of hydrogen-bond acceptors (Lipinski definition) is 7. The van der Waals surface area contributed by atoms with E-state index in [-0.39, 0.29) is 35.8 Å². The number of carbonyl (C=O) groups excluding carboxylic acids is 4. The van der Waals surface area contributed by atoms with Crippen LogP contribution in [0.25, 0.3) is 0 Å². The number of phenols is 1. The number of ether oxygens (including phenoxy) is 1. The van der Waals surface area contributed by atoms with Crippen molar-refractivity contribution in [3.63, 3.8) is 0 Å². The largest absolute Gasteiger partial charge is 0.504 e. The molecular weight excluding hydrogens is 744 g/mol. The SMILES string of the molecule is COc1cc(C2C3=CCC4C(=O)N(C5CCN(Cc6ccccc6)CC5)C(=O)C4C3CC3(Cl)C(=O)N(C)C(=O)C23Cl)cc(I)c1O. The average molecular weight is 778 g/mol. The standard InChI is InChI=1S/C34H34Cl2IN3O6/c1-38-31(44)33(35)16-23-21(27(34(33,36)32(38)45)19-14-24(37)28(41)25(15-19)46-2)8-9-22-26(23)30(43)40(29(22)42)20-10-12-39(13-11-20)17-18-6-4-3-5-7-18/h3-8,14-15,20,22-23,26-27,41H,9-13,16-17H2,1-2H3. The molecule has 3 saturated heterocycles. The van der Waals surface area contributed by atoms with Crippen LogP contribution in [-0.2, 0) is 25.7 Å². The fourth-order valence-electron chi connectivity index (χ4n) is 8.60. The molecule has 1 N–H and O–H groups in total. The Kier molecular flexibility index (Phi) is 7.97. The van der Waals surface area contributed by atoms with Crippen LogP contribution in [-0.4, -0.2) is 86.5 Å². The summed E-state index contributed by atoms with van der Waals surface area (Å²) in [5.41, 5.74) is 2.47. The Morgan fingerprint density at radius 2 is 1.70 bits per heavy atom. The number of aromatic hydroxyl groups is 1. The van der Waals surface area contributed by atoms with Gasteiger partial charge in [0.2, 0.25) is 11.8 Å². The molecule has 2 aliphatic carbocycles. The minimum Gasteiger partial charge on any atom is -0.504 e. The zero-order valence-corrected chi connectivity index (χ0v) is 29.1. The lowest BCUT2D eigenvalue weighted by Crippen LogP contribution is -2.60. The molecule has 4 amide bonds. The Morgan fingerprint density at radius 1 is 1.00 bits per heavy atom. The van der Waals surface area contributed by atoms with E-state index in [1.54, 1.807) is 12.1 Å². The molecule has 9 nitrogen and oxygen atoms in total. The number of hydrogen-bond donors (Lipinski definition) is 1. The molecule has 0 spiro atoms. The minimum absolute atomic E-state index is 0.0504. The van der Waals surface area contributed by atoms with E-state index < -0.39 is 45.2 Å². The molecule has 6 unspecified atom stereocenters. The minimum atomic E-state index is -1.89. The second kappa shape index (κ2) is 11.5. The number of amides is 4. The first-order valence-corrected chi connectivity index (χ1v) is 17.4. The van der Waals surface area contributed by atoms with Crippen LogP contribution in [0.1, 0.15) is 42.7 Å². The van der Waals surface area contributed by atoms with Crippen molar-refractivity contribution >= 4 is 69.4 Å². The van der Waals surface area contributed by atoms with E-state index in [0.717, 1.165) is 24.5 Å². The number of methoxy groups -OCH3 is 1. The van der Waals surface area contributed by atoms with Gasteiger partial charge in [-0.2, -0.15) is 0 Å². The summed E-state index contributed by atoms with van der Waals surface area (Å²) in [6.07, 6.45) is 3.56. The molecule has 2 aromatic carbocycles. The van der Waals surface area contributed by atoms with Gasteiger partial charge in [-0.25, -0.2) is 0 Å². The van der Waals surface area contributed by atoms with Crippen LogP contribution in [0.15, 0.2) is 54.1 Å². The summed E-state index contributed by atoms with van der Waals surface area (Å²) in [5.74, 6) is -4.35. The lowest BCUT2D eigenvalue weighted by Gasteiger charge is -2.50. The second-order valence-electron chi connectivity index (χ2n) is 13.1. The average Bonchev–Trinajstić information content (AvgIpc) is 3.38. The van der Waals surface area contributed by atoms with Crippen LogP contribution in [0.5, 0.6) is 11.5 Å². The highest BCUT2D eigenvalue weighted by atomic mass is 127. The summed E-state index contributed by atoms with van der Waals surface area (Å²) in [4.78, 5) is 57.0. The molecule has 1 saturated carbocycles. The summed E-state index contributed by atoms with van der Waals surface area (Å²) in [6.45, 7) is 2.35. The molecule has 5 aliphatic rings. The van der Waals surface area contributed by atoms with Crippen LogP contribution in [0.4, 0.5) is 0 Å². The van der Waals surface area contributed by atoms with Gasteiger partial charge < -0.3 is 9.84 Å². The fourth-order valence-corrected chi connectivity index (χ4v) is 10.2. The van der Waals surface area contributed by atoms with Crippen molar-refractivity contribution in [2.24, 2.45) is 17.8 Å². The summed E-state index contributed by atoms with van der Waals surface area (Å²) < 4.78 is 5.90. The van der Waals surface area contributed by atoms with Crippen molar-refractivity contribution in [1.29, 1.82) is 0 Å². The molecular formula is C34H34Cl2IN3O6. The third-order valence-corrected chi connectivity index (χ3v) is 13.1. The maximum absolute atomic E-state index is 14.4. The van der Waals surface area contributed by atoms with E-state index in [0.29, 0.717) is 34.0 Å². The van der Waals surface area contributed by atoms with E-state index in [9.17, 15) is 24.3 Å². The predicted molar refractivity (Wildman–Crippen MR) is 179 cm³/mol. The highest BCUT2D eigenvalue weighted by Gasteiger charge is 2.76. The zero-order valence-electron chi connectivity index (χ0n) is 25.4. The maximum Gasteiger partial charge on any atom is 0.253 e. The third-order valence-electron chi connectivity index (χ3n) is 10.8. The van der Waals surface area contributed by atoms with Crippen molar-refractivity contribution in [3.05, 3.63) is 68.8 Å². The van der Waals surface area contributed by atoms with Gasteiger partial charge in [0.1, 0.15) is 0 Å². The van der Waals surface area contributed by atoms with E-state index in [1.165, 1.54) is 24.6 Å². The summed E-state index contributed by atoms with van der Waals surface area (Å²) in [7, 11) is 2.79. The van der Waals surface area contributed by atoms with E-state index >= 15 is 0 Å². The van der Waals surface area contributed by atoms with Gasteiger partial charge in [-0.3, -0.25) is 33.9 Å². The van der Waals surface area contributed by atoms with Crippen molar-refractivity contribution in [2.45, 2.75) is 53.9 Å². The van der Waals surface area contributed by atoms with Crippen molar-refractivity contribution in [1.82, 2.24) is 14.7 Å². The normalized spacial score (nSPS) is 33.2. The molecule has 0 aromatic heterocycles. The van der Waals surface area contributed by atoms with Gasteiger partial charge in [-0.05, 0) is 77.5 Å². The quantitative estimate of drug-likeness (QED) is 0.204. The van der Waals surface area contributed by atoms with Crippen molar-refractivity contribution in [3.8, 4) is 11.5 Å². The van der Waals surface area contributed by atoms with E-state index in [2.05, 4.69) is 17.0 Å². The van der Waals surface area contributed by atoms with Crippen LogP contribution in [0.2, 0.25) is 0 Å². The van der Waals surface area contributed by atoms with Gasteiger partial charge >= 0.3 is 0 Å². The Hall–Kier alpha value is -2.67. The number of allylic oxidation sites excluding steroid dienone is 2. The number of piperidine rings is 1. The van der Waals surface area contributed by atoms with E-state index in [4.69, 9.17) is 27.9 Å². The molecule has 242 valence electrons. The molecule has 7 rings (SSSR count). The first-order valence-electron chi connectivity index (χ1n) is 15.5. The lowest BCUT2D eigenvalue weighted by atomic mass is 9.56. The number of carbonyl (C=O) groups is 4. The highest BCUT2D eigenvalue weighted by molar-refractivity contribution is 14.1. The van der Waals surface area contributed by atoms with Gasteiger partial charge in [-0.15, -0.1) is 23.2 Å². The summed E-state index contributed by atoms with van der Waals surface area (Å²) in [5, 5.41) is 10.6. The van der Waals surface area contributed by atoms with Gasteiger partial charge in [0, 0.05) is 38.6 Å². The number of nitrogens with zero attached hydrogens (tertiary/aromatic N) is 3. The number of fused-ring (bicyclic) bond motifs is 4. The Bertz CT molecular complexity index is 1680. The van der Waals surface area contributed by atoms with Gasteiger partial charge in [0.05, 0.1) is 22.5 Å². The fraction of sp³-hybridized carbons (Fsp3) is 0.471. The Labute approximate surface area is 291 Å². The van der Waals surface area contributed by atoms with Crippen LogP contribution in [0, 0.1) is 21.3 Å². The second-order valence-corrected chi connectivity index (χ2v) is 15.5. The summed E-state index contributed by atoms with van der Waals surface area (Å²) >= 11 is 16.5. The molecule has 0 radical (unpaired) electrons. The number of imide groups is 2. The van der Waals surface area contributed by atoms with Gasteiger partial charge in [0.15, 0.2) is 21.2 Å². The molecule has 4 fully saturated rings. The number of benzene rings is 2. The predicted octanol–water partition coefficient (Wildman–Crippen LogP) is 4.66. The third kappa shape index (κ3) is 4.49. The van der Waals surface area contributed by atoms with Crippen LogP contribution in [0.3, 0.4) is 0 Å². The van der Waals surface area contributed by atoms with Gasteiger partial charge in [-0.1, -0.05) is 42.0 Å². The van der Waals surface area contributed by atoms with Gasteiger partial charge in [0.25, 0.3) is 11.8 Å². The van der Waals surface area contributed by atoms with Crippen LogP contribution < -0.4 is 4.74 Å². The first-order chi connectivity index (χ1) is 21.9. The number of rotatable bonds is 5. The zero-order chi connectivity index (χ0) is 32.7. The topological polar surface area (TPSA) is 107 Å². The molecule has 3 aliphatic heterocycles. The van der Waals surface area contributed by atoms with Crippen molar-refractivity contribution in [2.75, 3.05) is 27.2 Å². The molecule has 46 heavy (non-hydrogen) atoms.